The van der Waals surface area contributed by atoms with Gasteiger partial charge in [-0.25, -0.2) is 0 Å². The second-order valence-corrected chi connectivity index (χ2v) is 6.39. The molecule has 7 heteroatoms. The van der Waals surface area contributed by atoms with E-state index in [-0.39, 0.29) is 19.1 Å². The second kappa shape index (κ2) is 6.87. The van der Waals surface area contributed by atoms with E-state index in [1.807, 2.05) is 11.4 Å². The molecule has 0 fully saturated rings. The van der Waals surface area contributed by atoms with E-state index in [2.05, 4.69) is 21.3 Å². The highest BCUT2D eigenvalue weighted by atomic mass is 32.2. The summed E-state index contributed by atoms with van der Waals surface area (Å²) in [6.07, 6.45) is 0. The average molecular weight is 287 g/mol. The lowest BCUT2D eigenvalue weighted by atomic mass is 10.2. The molecule has 0 unspecified atom stereocenters. The summed E-state index contributed by atoms with van der Waals surface area (Å²) < 4.78 is 28.1. The summed E-state index contributed by atoms with van der Waals surface area (Å²) in [7, 11) is -3.46. The molecule has 0 aliphatic carbocycles. The summed E-state index contributed by atoms with van der Waals surface area (Å²) in [5, 5.41) is 1.88. The quantitative estimate of drug-likeness (QED) is 0.685. The van der Waals surface area contributed by atoms with Crippen LogP contribution in [0.25, 0.3) is 0 Å². The highest BCUT2D eigenvalue weighted by Gasteiger charge is 2.12. The van der Waals surface area contributed by atoms with Crippen LogP contribution in [0.4, 0.5) is 0 Å². The first kappa shape index (κ1) is 15.1. The average Bonchev–Trinajstić information content (AvgIpc) is 2.69. The van der Waals surface area contributed by atoms with Crippen molar-refractivity contribution in [3.05, 3.63) is 21.9 Å². The Morgan fingerprint density at radius 2 is 2.22 bits per heavy atom. The SMILES string of the molecule is CC(C)NS(=O)(=O)NCc1sccc1C#CCN. The lowest BCUT2D eigenvalue weighted by Gasteiger charge is -2.10. The zero-order valence-electron chi connectivity index (χ0n) is 10.4. The fraction of sp³-hybridized carbons (Fsp3) is 0.455. The van der Waals surface area contributed by atoms with Crippen molar-refractivity contribution in [1.29, 1.82) is 0 Å². The molecule has 0 bridgehead atoms. The van der Waals surface area contributed by atoms with Crippen LogP contribution in [0.1, 0.15) is 24.3 Å². The molecular weight excluding hydrogens is 270 g/mol. The number of rotatable bonds is 5. The van der Waals surface area contributed by atoms with Crippen molar-refractivity contribution in [1.82, 2.24) is 9.44 Å². The molecule has 0 spiro atoms. The molecule has 0 amide bonds. The molecule has 0 saturated heterocycles. The zero-order chi connectivity index (χ0) is 13.6. The van der Waals surface area contributed by atoms with Gasteiger partial charge in [-0.1, -0.05) is 11.8 Å². The van der Waals surface area contributed by atoms with E-state index in [9.17, 15) is 8.42 Å². The Labute approximate surface area is 112 Å². The summed E-state index contributed by atoms with van der Waals surface area (Å²) in [4.78, 5) is 0.880. The molecule has 0 aliphatic heterocycles. The molecule has 0 aromatic carbocycles. The predicted molar refractivity (Wildman–Crippen MR) is 74.3 cm³/mol. The van der Waals surface area contributed by atoms with Crippen molar-refractivity contribution in [2.24, 2.45) is 5.73 Å². The highest BCUT2D eigenvalue weighted by molar-refractivity contribution is 7.87. The van der Waals surface area contributed by atoms with E-state index >= 15 is 0 Å². The topological polar surface area (TPSA) is 84.2 Å². The molecule has 5 nitrogen and oxygen atoms in total. The fourth-order valence-electron chi connectivity index (χ4n) is 1.25. The number of nitrogens with one attached hydrogen (secondary N) is 2. The first-order valence-corrected chi connectivity index (χ1v) is 7.83. The fourth-order valence-corrected chi connectivity index (χ4v) is 3.15. The molecule has 4 N–H and O–H groups in total. The molecule has 0 atom stereocenters. The standard InChI is InChI=1S/C11H17N3O2S2/c1-9(2)14-18(15,16)13-8-11-10(4-3-6-12)5-7-17-11/h5,7,9,13-14H,6,8,12H2,1-2H3. The molecule has 0 aliphatic rings. The third kappa shape index (κ3) is 5.16. The minimum absolute atomic E-state index is 0.137. The lowest BCUT2D eigenvalue weighted by Crippen LogP contribution is -2.39. The second-order valence-electron chi connectivity index (χ2n) is 3.86. The van der Waals surface area contributed by atoms with Crippen LogP contribution in [0.2, 0.25) is 0 Å². The highest BCUT2D eigenvalue weighted by Crippen LogP contribution is 2.15. The summed E-state index contributed by atoms with van der Waals surface area (Å²) in [5.41, 5.74) is 6.12. The zero-order valence-corrected chi connectivity index (χ0v) is 12.0. The lowest BCUT2D eigenvalue weighted by molar-refractivity contribution is 0.555. The monoisotopic (exact) mass is 287 g/mol. The van der Waals surface area contributed by atoms with Gasteiger partial charge in [0.05, 0.1) is 6.54 Å². The number of nitrogens with two attached hydrogens (primary N) is 1. The number of hydrogen-bond acceptors (Lipinski definition) is 4. The Balaban J connectivity index is 2.67. The molecule has 1 heterocycles. The van der Waals surface area contributed by atoms with Gasteiger partial charge in [-0.05, 0) is 25.3 Å². The molecular formula is C11H17N3O2S2. The largest absolute Gasteiger partial charge is 0.320 e. The van der Waals surface area contributed by atoms with Crippen molar-refractivity contribution in [2.75, 3.05) is 6.54 Å². The molecule has 18 heavy (non-hydrogen) atoms. The van der Waals surface area contributed by atoms with E-state index in [0.717, 1.165) is 10.4 Å². The van der Waals surface area contributed by atoms with Crippen molar-refractivity contribution in [3.8, 4) is 11.8 Å². The Morgan fingerprint density at radius 3 is 2.83 bits per heavy atom. The summed E-state index contributed by atoms with van der Waals surface area (Å²) >= 11 is 1.46. The van der Waals surface area contributed by atoms with E-state index in [1.165, 1.54) is 11.3 Å². The smallest absolute Gasteiger partial charge is 0.277 e. The van der Waals surface area contributed by atoms with Gasteiger partial charge in [0, 0.05) is 23.0 Å². The summed E-state index contributed by atoms with van der Waals surface area (Å²) in [6, 6.07) is 1.72. The van der Waals surface area contributed by atoms with Crippen molar-refractivity contribution < 1.29 is 8.42 Å². The van der Waals surface area contributed by atoms with Crippen LogP contribution in [-0.2, 0) is 16.8 Å². The van der Waals surface area contributed by atoms with Gasteiger partial charge in [-0.2, -0.15) is 17.9 Å². The first-order valence-electron chi connectivity index (χ1n) is 5.47. The van der Waals surface area contributed by atoms with Crippen LogP contribution >= 0.6 is 11.3 Å². The Bertz CT molecular complexity index is 538. The van der Waals surface area contributed by atoms with E-state index < -0.39 is 10.2 Å². The summed E-state index contributed by atoms with van der Waals surface area (Å²) in [5.74, 6) is 5.66. The van der Waals surface area contributed by atoms with Crippen LogP contribution in [-0.4, -0.2) is 21.0 Å². The molecule has 100 valence electrons. The van der Waals surface area contributed by atoms with E-state index in [0.29, 0.717) is 0 Å². The third-order valence-corrected chi connectivity index (χ3v) is 4.11. The maximum absolute atomic E-state index is 11.6. The van der Waals surface area contributed by atoms with Crippen LogP contribution in [0.15, 0.2) is 11.4 Å². The maximum Gasteiger partial charge on any atom is 0.277 e. The van der Waals surface area contributed by atoms with Crippen molar-refractivity contribution in [2.45, 2.75) is 26.4 Å². The van der Waals surface area contributed by atoms with Gasteiger partial charge in [-0.15, -0.1) is 11.3 Å². The first-order chi connectivity index (χ1) is 8.44. The molecule has 0 radical (unpaired) electrons. The van der Waals surface area contributed by atoms with Crippen LogP contribution in [0, 0.1) is 11.8 Å². The summed E-state index contributed by atoms with van der Waals surface area (Å²) in [6.45, 7) is 4.05. The van der Waals surface area contributed by atoms with Gasteiger partial charge in [-0.3, -0.25) is 0 Å². The van der Waals surface area contributed by atoms with Crippen molar-refractivity contribution >= 4 is 21.5 Å². The molecule has 1 aromatic heterocycles. The third-order valence-electron chi connectivity index (χ3n) is 1.88. The van der Waals surface area contributed by atoms with Gasteiger partial charge >= 0.3 is 0 Å². The number of thiophene rings is 1. The van der Waals surface area contributed by atoms with E-state index in [1.54, 1.807) is 13.8 Å². The molecule has 0 saturated carbocycles. The van der Waals surface area contributed by atoms with Crippen LogP contribution < -0.4 is 15.2 Å². The molecule has 1 aromatic rings. The number of hydrogen-bond donors (Lipinski definition) is 3. The minimum atomic E-state index is -3.46. The van der Waals surface area contributed by atoms with Crippen molar-refractivity contribution in [3.63, 3.8) is 0 Å². The maximum atomic E-state index is 11.6. The van der Waals surface area contributed by atoms with Crippen LogP contribution in [0.3, 0.4) is 0 Å². The van der Waals surface area contributed by atoms with Gasteiger partial charge in [0.2, 0.25) is 0 Å². The van der Waals surface area contributed by atoms with Gasteiger partial charge in [0.25, 0.3) is 10.2 Å². The van der Waals surface area contributed by atoms with Crippen LogP contribution in [0.5, 0.6) is 0 Å². The molecule has 1 rings (SSSR count). The Kier molecular flexibility index (Phi) is 5.78. The normalized spacial score (nSPS) is 11.3. The van der Waals surface area contributed by atoms with Gasteiger partial charge in [0.1, 0.15) is 0 Å². The van der Waals surface area contributed by atoms with E-state index in [4.69, 9.17) is 5.73 Å². The predicted octanol–water partition coefficient (Wildman–Crippen LogP) is 0.391. The van der Waals surface area contributed by atoms with Gasteiger partial charge in [0.15, 0.2) is 0 Å². The Hall–Kier alpha value is -0.910. The Morgan fingerprint density at radius 1 is 1.50 bits per heavy atom. The minimum Gasteiger partial charge on any atom is -0.320 e. The van der Waals surface area contributed by atoms with Gasteiger partial charge < -0.3 is 5.73 Å².